The quantitative estimate of drug-likeness (QED) is 0.691. The van der Waals surface area contributed by atoms with Crippen LogP contribution in [-0.4, -0.2) is 11.9 Å². The standard InChI is InChI=1S/C21H32O2/c1-15(14-16(2)22)17-6-10-19(11-7-17)23-20-12-8-18(9-13-20)21(3,4)5/h6-7,10-11,15,18,20H,8-9,12-14H2,1-5H3. The molecule has 1 aromatic rings. The Morgan fingerprint density at radius 1 is 1.13 bits per heavy atom. The maximum atomic E-state index is 11.2. The van der Waals surface area contributed by atoms with Crippen molar-refractivity contribution in [3.05, 3.63) is 29.8 Å². The first-order valence-electron chi connectivity index (χ1n) is 9.01. The molecule has 0 spiro atoms. The molecule has 0 saturated heterocycles. The van der Waals surface area contributed by atoms with Crippen molar-refractivity contribution in [3.8, 4) is 5.75 Å². The second-order valence-electron chi connectivity index (χ2n) is 8.33. The Balaban J connectivity index is 1.86. The summed E-state index contributed by atoms with van der Waals surface area (Å²) < 4.78 is 6.17. The SMILES string of the molecule is CC(=O)CC(C)c1ccc(OC2CCC(C(C)(C)C)CC2)cc1. The van der Waals surface area contributed by atoms with Crippen LogP contribution in [-0.2, 0) is 4.79 Å². The number of Topliss-reactive ketones (excluding diaryl/α,β-unsaturated/α-hetero) is 1. The molecule has 1 aliphatic rings. The lowest BCUT2D eigenvalue weighted by atomic mass is 9.72. The summed E-state index contributed by atoms with van der Waals surface area (Å²) in [5.41, 5.74) is 1.63. The molecule has 0 N–H and O–H groups in total. The van der Waals surface area contributed by atoms with E-state index in [1.807, 2.05) is 0 Å². The van der Waals surface area contributed by atoms with E-state index in [1.54, 1.807) is 6.92 Å². The molecule has 0 radical (unpaired) electrons. The Morgan fingerprint density at radius 2 is 1.70 bits per heavy atom. The highest BCUT2D eigenvalue weighted by molar-refractivity contribution is 5.76. The van der Waals surface area contributed by atoms with Gasteiger partial charge in [-0.1, -0.05) is 39.8 Å². The highest BCUT2D eigenvalue weighted by Gasteiger charge is 2.30. The van der Waals surface area contributed by atoms with Gasteiger partial charge in [0, 0.05) is 6.42 Å². The van der Waals surface area contributed by atoms with Crippen molar-refractivity contribution in [1.82, 2.24) is 0 Å². The zero-order chi connectivity index (χ0) is 17.0. The number of carbonyl (C=O) groups excluding carboxylic acids is 1. The van der Waals surface area contributed by atoms with E-state index < -0.39 is 0 Å². The van der Waals surface area contributed by atoms with Gasteiger partial charge in [-0.2, -0.15) is 0 Å². The number of carbonyl (C=O) groups is 1. The number of hydrogen-bond acceptors (Lipinski definition) is 2. The third-order valence-corrected chi connectivity index (χ3v) is 5.24. The van der Waals surface area contributed by atoms with Crippen molar-refractivity contribution >= 4 is 5.78 Å². The molecule has 2 nitrogen and oxygen atoms in total. The Morgan fingerprint density at radius 3 is 2.17 bits per heavy atom. The van der Waals surface area contributed by atoms with Gasteiger partial charge in [-0.3, -0.25) is 0 Å². The molecule has 0 bridgehead atoms. The van der Waals surface area contributed by atoms with Crippen LogP contribution in [0, 0.1) is 11.3 Å². The monoisotopic (exact) mass is 316 g/mol. The molecule has 0 aromatic heterocycles. The molecule has 128 valence electrons. The Kier molecular flexibility index (Phi) is 5.89. The molecule has 1 atom stereocenters. The molecule has 1 fully saturated rings. The van der Waals surface area contributed by atoms with Crippen LogP contribution in [0.2, 0.25) is 0 Å². The summed E-state index contributed by atoms with van der Waals surface area (Å²) >= 11 is 0. The number of hydrogen-bond donors (Lipinski definition) is 0. The highest BCUT2D eigenvalue weighted by atomic mass is 16.5. The highest BCUT2D eigenvalue weighted by Crippen LogP contribution is 2.38. The maximum Gasteiger partial charge on any atom is 0.130 e. The van der Waals surface area contributed by atoms with Crippen LogP contribution in [0.3, 0.4) is 0 Å². The second kappa shape index (κ2) is 7.51. The lowest BCUT2D eigenvalue weighted by molar-refractivity contribution is -0.117. The lowest BCUT2D eigenvalue weighted by Gasteiger charge is -2.37. The smallest absolute Gasteiger partial charge is 0.130 e. The summed E-state index contributed by atoms with van der Waals surface area (Å²) in [7, 11) is 0. The van der Waals surface area contributed by atoms with Crippen LogP contribution in [0.5, 0.6) is 5.75 Å². The van der Waals surface area contributed by atoms with Crippen LogP contribution >= 0.6 is 0 Å². The minimum absolute atomic E-state index is 0.244. The summed E-state index contributed by atoms with van der Waals surface area (Å²) in [4.78, 5) is 11.2. The number of ether oxygens (including phenoxy) is 1. The van der Waals surface area contributed by atoms with Gasteiger partial charge in [0.1, 0.15) is 11.5 Å². The van der Waals surface area contributed by atoms with E-state index in [-0.39, 0.29) is 11.7 Å². The average molecular weight is 316 g/mol. The zero-order valence-electron chi connectivity index (χ0n) is 15.4. The second-order valence-corrected chi connectivity index (χ2v) is 8.33. The first kappa shape index (κ1) is 18.0. The zero-order valence-corrected chi connectivity index (χ0v) is 15.4. The van der Waals surface area contributed by atoms with Gasteiger partial charge in [0.15, 0.2) is 0 Å². The molecule has 0 amide bonds. The van der Waals surface area contributed by atoms with Crippen molar-refractivity contribution in [2.45, 2.75) is 78.7 Å². The van der Waals surface area contributed by atoms with Crippen LogP contribution in [0.4, 0.5) is 0 Å². The summed E-state index contributed by atoms with van der Waals surface area (Å²) in [6.07, 6.45) is 5.81. The third kappa shape index (κ3) is 5.37. The van der Waals surface area contributed by atoms with Crippen LogP contribution in [0.1, 0.15) is 78.2 Å². The van der Waals surface area contributed by atoms with Crippen molar-refractivity contribution in [3.63, 3.8) is 0 Å². The molecule has 1 saturated carbocycles. The molecule has 2 rings (SSSR count). The first-order chi connectivity index (χ1) is 10.8. The largest absolute Gasteiger partial charge is 0.490 e. The van der Waals surface area contributed by atoms with Gasteiger partial charge in [0.25, 0.3) is 0 Å². The van der Waals surface area contributed by atoms with Gasteiger partial charge < -0.3 is 9.53 Å². The molecule has 23 heavy (non-hydrogen) atoms. The summed E-state index contributed by atoms with van der Waals surface area (Å²) in [6, 6.07) is 8.32. The molecular formula is C21H32O2. The van der Waals surface area contributed by atoms with E-state index in [0.717, 1.165) is 24.5 Å². The van der Waals surface area contributed by atoms with Gasteiger partial charge >= 0.3 is 0 Å². The molecule has 0 aliphatic heterocycles. The number of ketones is 1. The summed E-state index contributed by atoms with van der Waals surface area (Å²) in [5.74, 6) is 2.30. The minimum Gasteiger partial charge on any atom is -0.490 e. The fourth-order valence-electron chi connectivity index (χ4n) is 3.66. The van der Waals surface area contributed by atoms with Crippen molar-refractivity contribution in [1.29, 1.82) is 0 Å². The Hall–Kier alpha value is -1.31. The predicted octanol–water partition coefficient (Wildman–Crippen LogP) is 5.75. The first-order valence-corrected chi connectivity index (χ1v) is 9.01. The van der Waals surface area contributed by atoms with Crippen molar-refractivity contribution < 1.29 is 9.53 Å². The van der Waals surface area contributed by atoms with Gasteiger partial charge in [0.2, 0.25) is 0 Å². The van der Waals surface area contributed by atoms with E-state index >= 15 is 0 Å². The third-order valence-electron chi connectivity index (χ3n) is 5.24. The van der Waals surface area contributed by atoms with E-state index in [4.69, 9.17) is 4.74 Å². The predicted molar refractivity (Wildman–Crippen MR) is 96.0 cm³/mol. The van der Waals surface area contributed by atoms with Crippen molar-refractivity contribution in [2.24, 2.45) is 11.3 Å². The molecule has 1 aromatic carbocycles. The lowest BCUT2D eigenvalue weighted by Crippen LogP contribution is -2.30. The van der Waals surface area contributed by atoms with Crippen LogP contribution in [0.25, 0.3) is 0 Å². The molecular weight excluding hydrogens is 284 g/mol. The van der Waals surface area contributed by atoms with Gasteiger partial charge in [-0.25, -0.2) is 0 Å². The molecule has 0 heterocycles. The topological polar surface area (TPSA) is 26.3 Å². The minimum atomic E-state index is 0.244. The molecule has 1 aliphatic carbocycles. The Bertz CT molecular complexity index is 502. The average Bonchev–Trinajstić information content (AvgIpc) is 2.47. The normalized spacial score (nSPS) is 23.3. The molecule has 1 unspecified atom stereocenters. The summed E-state index contributed by atoms with van der Waals surface area (Å²) in [5, 5.41) is 0. The summed E-state index contributed by atoms with van der Waals surface area (Å²) in [6.45, 7) is 10.8. The van der Waals surface area contributed by atoms with E-state index in [0.29, 0.717) is 17.9 Å². The van der Waals surface area contributed by atoms with Crippen LogP contribution < -0.4 is 4.74 Å². The van der Waals surface area contributed by atoms with Crippen LogP contribution in [0.15, 0.2) is 24.3 Å². The van der Waals surface area contributed by atoms with Gasteiger partial charge in [-0.05, 0) is 67.6 Å². The maximum absolute atomic E-state index is 11.2. The van der Waals surface area contributed by atoms with E-state index in [1.165, 1.54) is 18.4 Å². The fourth-order valence-corrected chi connectivity index (χ4v) is 3.66. The Labute approximate surface area is 141 Å². The van der Waals surface area contributed by atoms with E-state index in [2.05, 4.69) is 52.0 Å². The number of rotatable bonds is 5. The van der Waals surface area contributed by atoms with Crippen molar-refractivity contribution in [2.75, 3.05) is 0 Å². The number of benzene rings is 1. The fraction of sp³-hybridized carbons (Fsp3) is 0.667. The molecule has 2 heteroatoms. The van der Waals surface area contributed by atoms with E-state index in [9.17, 15) is 4.79 Å². The van der Waals surface area contributed by atoms with Gasteiger partial charge in [-0.15, -0.1) is 0 Å². The van der Waals surface area contributed by atoms with Gasteiger partial charge in [0.05, 0.1) is 6.10 Å².